The maximum Gasteiger partial charge on any atom is 0.339 e. The zero-order valence-corrected chi connectivity index (χ0v) is 11.0. The van der Waals surface area contributed by atoms with Gasteiger partial charge in [0, 0.05) is 5.02 Å². The van der Waals surface area contributed by atoms with Crippen molar-refractivity contribution >= 4 is 35.5 Å². The average Bonchev–Trinajstić information content (AvgIpc) is 2.26. The first-order valence-corrected chi connectivity index (χ1v) is 5.70. The first-order chi connectivity index (χ1) is 7.85. The van der Waals surface area contributed by atoms with Crippen LogP contribution in [0.3, 0.4) is 0 Å². The molecule has 0 aliphatic carbocycles. The Labute approximate surface area is 110 Å². The molecule has 0 fully saturated rings. The van der Waals surface area contributed by atoms with E-state index < -0.39 is 11.4 Å². The highest BCUT2D eigenvalue weighted by Crippen LogP contribution is 2.22. The van der Waals surface area contributed by atoms with E-state index in [-0.39, 0.29) is 17.2 Å². The quantitative estimate of drug-likeness (QED) is 0.625. The fourth-order valence-corrected chi connectivity index (χ4v) is 1.50. The second-order valence-corrected chi connectivity index (χ2v) is 5.15. The first kappa shape index (κ1) is 14.0. The van der Waals surface area contributed by atoms with E-state index in [4.69, 9.17) is 27.9 Å². The zero-order valence-electron chi connectivity index (χ0n) is 9.50. The van der Waals surface area contributed by atoms with Gasteiger partial charge in [-0.25, -0.2) is 4.79 Å². The van der Waals surface area contributed by atoms with Crippen molar-refractivity contribution in [2.75, 3.05) is 6.61 Å². The molecule has 0 radical (unpaired) electrons. The molecule has 0 bridgehead atoms. The summed E-state index contributed by atoms with van der Waals surface area (Å²) in [6, 6.07) is 4.50. The molecule has 0 aromatic heterocycles. The molecule has 0 aliphatic heterocycles. The lowest BCUT2D eigenvalue weighted by Crippen LogP contribution is -2.23. The molecule has 0 atom stereocenters. The summed E-state index contributed by atoms with van der Waals surface area (Å²) in [6.45, 7) is 3.36. The van der Waals surface area contributed by atoms with Gasteiger partial charge in [-0.05, 0) is 32.0 Å². The highest BCUT2D eigenvalue weighted by atomic mass is 35.5. The topological polar surface area (TPSA) is 43.4 Å². The third-order valence-electron chi connectivity index (χ3n) is 2.05. The molecule has 0 spiro atoms. The van der Waals surface area contributed by atoms with Crippen molar-refractivity contribution in [3.63, 3.8) is 0 Å². The fourth-order valence-electron chi connectivity index (χ4n) is 1.02. The summed E-state index contributed by atoms with van der Waals surface area (Å²) in [6.07, 6.45) is 0.740. The summed E-state index contributed by atoms with van der Waals surface area (Å²) >= 11 is 11.6. The fraction of sp³-hybridized carbons (Fsp3) is 0.333. The van der Waals surface area contributed by atoms with Crippen LogP contribution in [0.1, 0.15) is 24.2 Å². The minimum Gasteiger partial charge on any atom is -0.461 e. The Bertz CT molecular complexity index is 441. The summed E-state index contributed by atoms with van der Waals surface area (Å²) in [7, 11) is 0. The van der Waals surface area contributed by atoms with E-state index >= 15 is 0 Å². The highest BCUT2D eigenvalue weighted by molar-refractivity contribution is 6.36. The first-order valence-electron chi connectivity index (χ1n) is 4.94. The Hall–Kier alpha value is -1.06. The predicted molar refractivity (Wildman–Crippen MR) is 66.6 cm³/mol. The molecule has 0 saturated carbocycles. The molecule has 3 nitrogen and oxygen atoms in total. The van der Waals surface area contributed by atoms with Crippen molar-refractivity contribution < 1.29 is 14.3 Å². The van der Waals surface area contributed by atoms with E-state index in [1.165, 1.54) is 12.1 Å². The second kappa shape index (κ2) is 5.52. The molecule has 0 aliphatic rings. The van der Waals surface area contributed by atoms with Crippen LogP contribution in [0.5, 0.6) is 0 Å². The van der Waals surface area contributed by atoms with Crippen LogP contribution in [-0.2, 0) is 9.53 Å². The van der Waals surface area contributed by atoms with Crippen LogP contribution in [0, 0.1) is 5.41 Å². The number of hydrogen-bond acceptors (Lipinski definition) is 3. The number of rotatable bonds is 4. The van der Waals surface area contributed by atoms with Gasteiger partial charge in [0.1, 0.15) is 12.9 Å². The lowest BCUT2D eigenvalue weighted by Gasteiger charge is -2.16. The lowest BCUT2D eigenvalue weighted by atomic mass is 9.98. The van der Waals surface area contributed by atoms with Gasteiger partial charge in [-0.2, -0.15) is 0 Å². The molecular formula is C12H12Cl2O3. The lowest BCUT2D eigenvalue weighted by molar-refractivity contribution is -0.116. The van der Waals surface area contributed by atoms with Crippen LogP contribution in [0.4, 0.5) is 0 Å². The van der Waals surface area contributed by atoms with Gasteiger partial charge in [0.15, 0.2) is 0 Å². The maximum atomic E-state index is 11.7. The Morgan fingerprint density at radius 3 is 2.59 bits per heavy atom. The van der Waals surface area contributed by atoms with Gasteiger partial charge in [-0.15, -0.1) is 0 Å². The van der Waals surface area contributed by atoms with Crippen LogP contribution >= 0.6 is 23.2 Å². The molecule has 0 saturated heterocycles. The molecule has 0 heterocycles. The molecular weight excluding hydrogens is 263 g/mol. The number of benzene rings is 1. The number of hydrogen-bond donors (Lipinski definition) is 0. The van der Waals surface area contributed by atoms with Gasteiger partial charge < -0.3 is 9.53 Å². The molecule has 0 amide bonds. The van der Waals surface area contributed by atoms with Crippen molar-refractivity contribution in [2.24, 2.45) is 5.41 Å². The number of aldehydes is 1. The van der Waals surface area contributed by atoms with Crippen LogP contribution in [-0.4, -0.2) is 18.9 Å². The molecule has 92 valence electrons. The van der Waals surface area contributed by atoms with E-state index in [9.17, 15) is 9.59 Å². The molecule has 5 heteroatoms. The number of ether oxygens (including phenoxy) is 1. The number of carbonyl (C=O) groups is 2. The highest BCUT2D eigenvalue weighted by Gasteiger charge is 2.20. The Morgan fingerprint density at radius 1 is 1.41 bits per heavy atom. The van der Waals surface area contributed by atoms with E-state index in [2.05, 4.69) is 0 Å². The van der Waals surface area contributed by atoms with Gasteiger partial charge in [0.2, 0.25) is 0 Å². The predicted octanol–water partition coefficient (Wildman–Crippen LogP) is 3.38. The number of halogens is 2. The summed E-state index contributed by atoms with van der Waals surface area (Å²) < 4.78 is 5.01. The molecule has 1 aromatic carbocycles. The molecule has 17 heavy (non-hydrogen) atoms. The monoisotopic (exact) mass is 274 g/mol. The summed E-state index contributed by atoms with van der Waals surface area (Å²) in [4.78, 5) is 22.3. The van der Waals surface area contributed by atoms with Gasteiger partial charge in [-0.1, -0.05) is 23.2 Å². The van der Waals surface area contributed by atoms with Crippen molar-refractivity contribution in [3.05, 3.63) is 33.8 Å². The molecule has 0 unspecified atom stereocenters. The van der Waals surface area contributed by atoms with Gasteiger partial charge >= 0.3 is 5.97 Å². The minimum atomic E-state index is -0.700. The second-order valence-electron chi connectivity index (χ2n) is 4.31. The SMILES string of the molecule is CC(C)(C=O)COC(=O)c1ccc(Cl)cc1Cl. The smallest absolute Gasteiger partial charge is 0.339 e. The molecule has 1 aromatic rings. The van der Waals surface area contributed by atoms with Crippen LogP contribution < -0.4 is 0 Å². The van der Waals surface area contributed by atoms with Gasteiger partial charge in [-0.3, -0.25) is 0 Å². The van der Waals surface area contributed by atoms with Gasteiger partial charge in [0.25, 0.3) is 0 Å². The van der Waals surface area contributed by atoms with Gasteiger partial charge in [0.05, 0.1) is 16.0 Å². The van der Waals surface area contributed by atoms with Crippen molar-refractivity contribution in [1.82, 2.24) is 0 Å². The Morgan fingerprint density at radius 2 is 2.06 bits per heavy atom. The van der Waals surface area contributed by atoms with E-state index in [1.807, 2.05) is 0 Å². The Kier molecular flexibility index (Phi) is 4.54. The largest absolute Gasteiger partial charge is 0.461 e. The standard InChI is InChI=1S/C12H12Cl2O3/c1-12(2,6-15)7-17-11(16)9-4-3-8(13)5-10(9)14/h3-6H,7H2,1-2H3. The maximum absolute atomic E-state index is 11.7. The summed E-state index contributed by atoms with van der Waals surface area (Å²) in [5.41, 5.74) is -0.466. The summed E-state index contributed by atoms with van der Waals surface area (Å²) in [5, 5.41) is 0.672. The minimum absolute atomic E-state index is 0.00822. The van der Waals surface area contributed by atoms with Crippen molar-refractivity contribution in [1.29, 1.82) is 0 Å². The van der Waals surface area contributed by atoms with E-state index in [0.717, 1.165) is 6.29 Å². The van der Waals surface area contributed by atoms with E-state index in [1.54, 1.807) is 19.9 Å². The zero-order chi connectivity index (χ0) is 13.1. The summed E-state index contributed by atoms with van der Waals surface area (Å²) in [5.74, 6) is -0.568. The Balaban J connectivity index is 2.74. The van der Waals surface area contributed by atoms with Crippen LogP contribution in [0.2, 0.25) is 10.0 Å². The number of esters is 1. The van der Waals surface area contributed by atoms with Crippen molar-refractivity contribution in [2.45, 2.75) is 13.8 Å². The van der Waals surface area contributed by atoms with E-state index in [0.29, 0.717) is 5.02 Å². The normalized spacial score (nSPS) is 11.1. The third kappa shape index (κ3) is 4.02. The third-order valence-corrected chi connectivity index (χ3v) is 2.59. The molecule has 1 rings (SSSR count). The van der Waals surface area contributed by atoms with Crippen LogP contribution in [0.25, 0.3) is 0 Å². The molecule has 0 N–H and O–H groups in total. The van der Waals surface area contributed by atoms with Crippen LogP contribution in [0.15, 0.2) is 18.2 Å². The number of carbonyl (C=O) groups excluding carboxylic acids is 2. The average molecular weight is 275 g/mol. The van der Waals surface area contributed by atoms with Crippen molar-refractivity contribution in [3.8, 4) is 0 Å².